The molecule has 2 aliphatic carbocycles. The standard InChI is InChI=1S/C11H14OS/c12-11(3-1-9-5-10(9)11)6-8-2-4-13-7-8/h2,4,7,9-10,12H,1,3,5-6H2. The molecule has 0 saturated heterocycles. The molecule has 1 nitrogen and oxygen atoms in total. The van der Waals surface area contributed by atoms with Crippen LogP contribution in [0.5, 0.6) is 0 Å². The van der Waals surface area contributed by atoms with Crippen LogP contribution in [0.4, 0.5) is 0 Å². The second-order valence-electron chi connectivity index (χ2n) is 4.55. The molecule has 3 unspecified atom stereocenters. The maximum Gasteiger partial charge on any atom is 0.0719 e. The summed E-state index contributed by atoms with van der Waals surface area (Å²) in [5.74, 6) is 1.50. The van der Waals surface area contributed by atoms with E-state index in [1.165, 1.54) is 18.4 Å². The van der Waals surface area contributed by atoms with Crippen molar-refractivity contribution in [3.8, 4) is 0 Å². The summed E-state index contributed by atoms with van der Waals surface area (Å²) in [7, 11) is 0. The highest BCUT2D eigenvalue weighted by atomic mass is 32.1. The zero-order chi connectivity index (χ0) is 8.89. The Hall–Kier alpha value is -0.340. The minimum atomic E-state index is -0.342. The van der Waals surface area contributed by atoms with Gasteiger partial charge >= 0.3 is 0 Å². The fraction of sp³-hybridized carbons (Fsp3) is 0.636. The Bertz CT molecular complexity index is 306. The normalized spacial score (nSPS) is 41.9. The molecule has 1 aromatic rings. The number of rotatable bonds is 2. The predicted octanol–water partition coefficient (Wildman–Crippen LogP) is 2.45. The van der Waals surface area contributed by atoms with E-state index < -0.39 is 0 Å². The summed E-state index contributed by atoms with van der Waals surface area (Å²) in [5.41, 5.74) is 0.978. The molecule has 70 valence electrons. The number of aliphatic hydroxyl groups is 1. The third-order valence-electron chi connectivity index (χ3n) is 3.65. The average molecular weight is 194 g/mol. The van der Waals surface area contributed by atoms with Crippen LogP contribution in [0.3, 0.4) is 0 Å². The highest BCUT2D eigenvalue weighted by Crippen LogP contribution is 2.58. The van der Waals surface area contributed by atoms with Gasteiger partial charge in [0.05, 0.1) is 5.60 Å². The molecule has 2 aliphatic rings. The van der Waals surface area contributed by atoms with Gasteiger partial charge in [-0.3, -0.25) is 0 Å². The highest BCUT2D eigenvalue weighted by molar-refractivity contribution is 7.07. The molecular weight excluding hydrogens is 180 g/mol. The van der Waals surface area contributed by atoms with E-state index >= 15 is 0 Å². The van der Waals surface area contributed by atoms with Crippen LogP contribution < -0.4 is 0 Å². The second kappa shape index (κ2) is 2.58. The molecule has 13 heavy (non-hydrogen) atoms. The van der Waals surface area contributed by atoms with Gasteiger partial charge in [0.2, 0.25) is 0 Å². The number of fused-ring (bicyclic) bond motifs is 1. The van der Waals surface area contributed by atoms with Gasteiger partial charge in [-0.1, -0.05) is 0 Å². The van der Waals surface area contributed by atoms with Crippen LogP contribution in [0, 0.1) is 11.8 Å². The maximum absolute atomic E-state index is 10.4. The molecule has 2 saturated carbocycles. The molecule has 1 N–H and O–H groups in total. The lowest BCUT2D eigenvalue weighted by molar-refractivity contribution is 0.0254. The Kier molecular flexibility index (Phi) is 1.59. The lowest BCUT2D eigenvalue weighted by Crippen LogP contribution is -2.31. The lowest BCUT2D eigenvalue weighted by atomic mass is 9.91. The van der Waals surface area contributed by atoms with Crippen LogP contribution in [-0.2, 0) is 6.42 Å². The zero-order valence-corrected chi connectivity index (χ0v) is 8.39. The molecule has 3 rings (SSSR count). The van der Waals surface area contributed by atoms with Crippen LogP contribution in [0.15, 0.2) is 16.8 Å². The molecule has 0 bridgehead atoms. The van der Waals surface area contributed by atoms with Crippen molar-refractivity contribution in [2.45, 2.75) is 31.3 Å². The molecule has 0 aromatic carbocycles. The van der Waals surface area contributed by atoms with E-state index in [-0.39, 0.29) is 5.60 Å². The van der Waals surface area contributed by atoms with Crippen molar-refractivity contribution in [1.82, 2.24) is 0 Å². The third-order valence-corrected chi connectivity index (χ3v) is 4.38. The van der Waals surface area contributed by atoms with E-state index in [0.717, 1.165) is 18.8 Å². The summed E-state index contributed by atoms with van der Waals surface area (Å²) >= 11 is 1.73. The molecule has 1 heterocycles. The number of hydrogen-bond acceptors (Lipinski definition) is 2. The molecular formula is C11H14OS. The molecule has 0 amide bonds. The van der Waals surface area contributed by atoms with Crippen molar-refractivity contribution in [3.05, 3.63) is 22.4 Å². The highest BCUT2D eigenvalue weighted by Gasteiger charge is 2.56. The van der Waals surface area contributed by atoms with Crippen LogP contribution in [0.2, 0.25) is 0 Å². The van der Waals surface area contributed by atoms with E-state index in [1.54, 1.807) is 11.3 Å². The first-order valence-corrected chi connectivity index (χ1v) is 5.96. The Balaban J connectivity index is 1.78. The summed E-state index contributed by atoms with van der Waals surface area (Å²) in [6, 6.07) is 2.14. The Morgan fingerprint density at radius 2 is 2.54 bits per heavy atom. The van der Waals surface area contributed by atoms with Gasteiger partial charge in [0, 0.05) is 6.42 Å². The minimum absolute atomic E-state index is 0.342. The SMILES string of the molecule is OC1(Cc2ccsc2)CCC2CC21. The van der Waals surface area contributed by atoms with Crippen molar-refractivity contribution >= 4 is 11.3 Å². The van der Waals surface area contributed by atoms with Crippen molar-refractivity contribution in [1.29, 1.82) is 0 Å². The third kappa shape index (κ3) is 1.24. The first-order chi connectivity index (χ1) is 6.28. The fourth-order valence-electron chi connectivity index (χ4n) is 2.81. The first-order valence-electron chi connectivity index (χ1n) is 5.01. The second-order valence-corrected chi connectivity index (χ2v) is 5.33. The van der Waals surface area contributed by atoms with Crippen LogP contribution in [-0.4, -0.2) is 10.7 Å². The van der Waals surface area contributed by atoms with Crippen molar-refractivity contribution in [2.75, 3.05) is 0 Å². The molecule has 0 radical (unpaired) electrons. The van der Waals surface area contributed by atoms with Gasteiger partial charge in [-0.25, -0.2) is 0 Å². The summed E-state index contributed by atoms with van der Waals surface area (Å²) < 4.78 is 0. The van der Waals surface area contributed by atoms with E-state index in [4.69, 9.17) is 0 Å². The fourth-order valence-corrected chi connectivity index (χ4v) is 3.48. The molecule has 0 aliphatic heterocycles. The number of hydrogen-bond donors (Lipinski definition) is 1. The molecule has 2 heteroatoms. The van der Waals surface area contributed by atoms with Crippen LogP contribution in [0.1, 0.15) is 24.8 Å². The summed E-state index contributed by atoms with van der Waals surface area (Å²) in [6.45, 7) is 0. The Morgan fingerprint density at radius 3 is 3.08 bits per heavy atom. The summed E-state index contributed by atoms with van der Waals surface area (Å²) in [4.78, 5) is 0. The number of thiophene rings is 1. The lowest BCUT2D eigenvalue weighted by Gasteiger charge is -2.24. The van der Waals surface area contributed by atoms with E-state index in [9.17, 15) is 5.11 Å². The minimum Gasteiger partial charge on any atom is -0.389 e. The van der Waals surface area contributed by atoms with Gasteiger partial charge in [-0.15, -0.1) is 0 Å². The smallest absolute Gasteiger partial charge is 0.0719 e. The van der Waals surface area contributed by atoms with Crippen molar-refractivity contribution in [3.63, 3.8) is 0 Å². The van der Waals surface area contributed by atoms with Gasteiger partial charge in [0.1, 0.15) is 0 Å². The van der Waals surface area contributed by atoms with Crippen LogP contribution >= 0.6 is 11.3 Å². The average Bonchev–Trinajstić information content (AvgIpc) is 2.63. The van der Waals surface area contributed by atoms with Gasteiger partial charge < -0.3 is 5.11 Å². The largest absolute Gasteiger partial charge is 0.389 e. The van der Waals surface area contributed by atoms with Crippen molar-refractivity contribution < 1.29 is 5.11 Å². The van der Waals surface area contributed by atoms with Gasteiger partial charge in [-0.2, -0.15) is 11.3 Å². The van der Waals surface area contributed by atoms with E-state index in [2.05, 4.69) is 16.8 Å². The molecule has 1 aromatic heterocycles. The molecule has 2 fully saturated rings. The van der Waals surface area contributed by atoms with E-state index in [0.29, 0.717) is 5.92 Å². The monoisotopic (exact) mass is 194 g/mol. The van der Waals surface area contributed by atoms with Crippen molar-refractivity contribution in [2.24, 2.45) is 11.8 Å². The first kappa shape index (κ1) is 8.01. The van der Waals surface area contributed by atoms with Gasteiger partial charge in [-0.05, 0) is 53.5 Å². The summed E-state index contributed by atoms with van der Waals surface area (Å²) in [5, 5.41) is 14.6. The summed E-state index contributed by atoms with van der Waals surface area (Å²) in [6.07, 6.45) is 4.45. The van der Waals surface area contributed by atoms with E-state index in [1.807, 2.05) is 0 Å². The Morgan fingerprint density at radius 1 is 1.62 bits per heavy atom. The molecule has 0 spiro atoms. The Labute approximate surface area is 82.4 Å². The maximum atomic E-state index is 10.4. The van der Waals surface area contributed by atoms with Gasteiger partial charge in [0.25, 0.3) is 0 Å². The van der Waals surface area contributed by atoms with Crippen LogP contribution in [0.25, 0.3) is 0 Å². The molecule has 3 atom stereocenters. The van der Waals surface area contributed by atoms with Gasteiger partial charge in [0.15, 0.2) is 0 Å². The predicted molar refractivity (Wildman–Crippen MR) is 53.8 cm³/mol. The quantitative estimate of drug-likeness (QED) is 0.766. The zero-order valence-electron chi connectivity index (χ0n) is 7.57. The topological polar surface area (TPSA) is 20.2 Å².